The standard InChI is InChI=1S/C13H9B2O2/c1-8-2-4-10-12(6-8)17-13-7-9(15-14)3-5-11(13)16-10/h2-7H,1H3. The molecule has 0 atom stereocenters. The van der Waals surface area contributed by atoms with Gasteiger partial charge < -0.3 is 9.47 Å². The Bertz CT molecular complexity index is 582. The predicted molar refractivity (Wildman–Crippen MR) is 68.9 cm³/mol. The summed E-state index contributed by atoms with van der Waals surface area (Å²) in [5, 5.41) is 0. The van der Waals surface area contributed by atoms with Crippen LogP contribution in [0.2, 0.25) is 0 Å². The lowest BCUT2D eigenvalue weighted by Crippen LogP contribution is -2.14. The summed E-state index contributed by atoms with van der Waals surface area (Å²) in [6.07, 6.45) is 0. The van der Waals surface area contributed by atoms with Crippen molar-refractivity contribution in [2.45, 2.75) is 6.92 Å². The Kier molecular flexibility index (Phi) is 2.36. The molecule has 2 aromatic carbocycles. The number of benzene rings is 2. The monoisotopic (exact) mass is 219 g/mol. The molecule has 0 unspecified atom stereocenters. The van der Waals surface area contributed by atoms with E-state index in [2.05, 4.69) is 0 Å². The van der Waals surface area contributed by atoms with Gasteiger partial charge in [-0.15, -0.1) is 0 Å². The second kappa shape index (κ2) is 3.88. The molecule has 0 bridgehead atoms. The minimum absolute atomic E-state index is 0.697. The lowest BCUT2D eigenvalue weighted by Gasteiger charge is -2.21. The van der Waals surface area contributed by atoms with E-state index in [4.69, 9.17) is 17.2 Å². The van der Waals surface area contributed by atoms with E-state index in [0.717, 1.165) is 22.5 Å². The highest BCUT2D eigenvalue weighted by atomic mass is 16.6. The largest absolute Gasteiger partial charge is 0.450 e. The third-order valence-electron chi connectivity index (χ3n) is 2.70. The minimum atomic E-state index is 0.697. The van der Waals surface area contributed by atoms with E-state index in [9.17, 15) is 0 Å². The zero-order chi connectivity index (χ0) is 11.8. The van der Waals surface area contributed by atoms with Crippen molar-refractivity contribution < 1.29 is 9.47 Å². The van der Waals surface area contributed by atoms with Crippen molar-refractivity contribution >= 4 is 20.4 Å². The summed E-state index contributed by atoms with van der Waals surface area (Å²) in [4.78, 5) is 0. The van der Waals surface area contributed by atoms with Crippen molar-refractivity contribution in [1.29, 1.82) is 0 Å². The number of aryl methyl sites for hydroxylation is 1. The van der Waals surface area contributed by atoms with E-state index in [-0.39, 0.29) is 0 Å². The first kappa shape index (κ1) is 10.3. The average Bonchev–Trinajstić information content (AvgIpc) is 2.35. The van der Waals surface area contributed by atoms with E-state index >= 15 is 0 Å². The second-order valence-corrected chi connectivity index (χ2v) is 4.03. The molecule has 4 heteroatoms. The molecule has 0 fully saturated rings. The van der Waals surface area contributed by atoms with Crippen molar-refractivity contribution in [3.8, 4) is 23.0 Å². The summed E-state index contributed by atoms with van der Waals surface area (Å²) >= 11 is 0. The lowest BCUT2D eigenvalue weighted by molar-refractivity contribution is 0.359. The SMILES string of the molecule is [B][B]c1ccc2c(c1)Oc1cc(C)ccc1O2. The number of fused-ring (bicyclic) bond motifs is 2. The summed E-state index contributed by atoms with van der Waals surface area (Å²) < 4.78 is 11.6. The fraction of sp³-hybridized carbons (Fsp3) is 0.0769. The molecular formula is C13H9B2O2. The molecule has 2 nitrogen and oxygen atoms in total. The molecule has 0 saturated heterocycles. The van der Waals surface area contributed by atoms with Gasteiger partial charge in [0.15, 0.2) is 23.0 Å². The van der Waals surface area contributed by atoms with E-state index in [1.165, 1.54) is 7.17 Å². The molecule has 0 spiro atoms. The van der Waals surface area contributed by atoms with Crippen LogP contribution in [-0.2, 0) is 0 Å². The normalized spacial score (nSPS) is 11.8. The molecular weight excluding hydrogens is 210 g/mol. The third kappa shape index (κ3) is 1.80. The fourth-order valence-electron chi connectivity index (χ4n) is 1.81. The van der Waals surface area contributed by atoms with E-state index in [0.29, 0.717) is 11.5 Å². The summed E-state index contributed by atoms with van der Waals surface area (Å²) in [6, 6.07) is 11.5. The molecule has 79 valence electrons. The van der Waals surface area contributed by atoms with Crippen LogP contribution in [0.1, 0.15) is 5.56 Å². The van der Waals surface area contributed by atoms with Crippen LogP contribution in [0, 0.1) is 6.92 Å². The number of ether oxygens (including phenoxy) is 2. The second-order valence-electron chi connectivity index (χ2n) is 4.03. The van der Waals surface area contributed by atoms with Crippen molar-refractivity contribution in [3.05, 3.63) is 42.0 Å². The maximum absolute atomic E-state index is 5.80. The fourth-order valence-corrected chi connectivity index (χ4v) is 1.81. The third-order valence-corrected chi connectivity index (χ3v) is 2.70. The van der Waals surface area contributed by atoms with Crippen LogP contribution in [0.5, 0.6) is 23.0 Å². The van der Waals surface area contributed by atoms with Gasteiger partial charge in [-0.05, 0) is 36.8 Å². The molecule has 17 heavy (non-hydrogen) atoms. The van der Waals surface area contributed by atoms with Crippen molar-refractivity contribution in [2.24, 2.45) is 0 Å². The molecule has 0 N–H and O–H groups in total. The molecule has 3 rings (SSSR count). The summed E-state index contributed by atoms with van der Waals surface area (Å²) in [7, 11) is 7.02. The van der Waals surface area contributed by atoms with Gasteiger partial charge in [0.1, 0.15) is 0 Å². The summed E-state index contributed by atoms with van der Waals surface area (Å²) in [6.45, 7) is 2.02. The van der Waals surface area contributed by atoms with Gasteiger partial charge in [0, 0.05) is 7.74 Å². The molecule has 0 aliphatic carbocycles. The highest BCUT2D eigenvalue weighted by Crippen LogP contribution is 2.44. The zero-order valence-corrected chi connectivity index (χ0v) is 9.44. The van der Waals surface area contributed by atoms with Crippen LogP contribution in [0.3, 0.4) is 0 Å². The highest BCUT2D eigenvalue weighted by Gasteiger charge is 2.18. The van der Waals surface area contributed by atoms with Gasteiger partial charge in [0.25, 0.3) is 0 Å². The summed E-state index contributed by atoms with van der Waals surface area (Å²) in [5.41, 5.74) is 2.04. The van der Waals surface area contributed by atoms with Gasteiger partial charge in [-0.2, -0.15) is 0 Å². The first-order chi connectivity index (χ1) is 8.26. The van der Waals surface area contributed by atoms with E-state index in [1.54, 1.807) is 0 Å². The van der Waals surface area contributed by atoms with Crippen LogP contribution in [-0.4, -0.2) is 14.9 Å². The lowest BCUT2D eigenvalue weighted by atomic mass is 9.51. The van der Waals surface area contributed by atoms with Crippen molar-refractivity contribution in [1.82, 2.24) is 0 Å². The molecule has 2 aromatic rings. The Morgan fingerprint density at radius 1 is 0.882 bits per heavy atom. The smallest absolute Gasteiger partial charge is 0.170 e. The minimum Gasteiger partial charge on any atom is -0.450 e. The topological polar surface area (TPSA) is 18.5 Å². The van der Waals surface area contributed by atoms with Crippen molar-refractivity contribution in [3.63, 3.8) is 0 Å². The molecule has 1 heterocycles. The Morgan fingerprint density at radius 3 is 2.29 bits per heavy atom. The maximum Gasteiger partial charge on any atom is 0.170 e. The van der Waals surface area contributed by atoms with Crippen LogP contribution in [0.15, 0.2) is 36.4 Å². The van der Waals surface area contributed by atoms with Gasteiger partial charge in [-0.3, -0.25) is 0 Å². The first-order valence-corrected chi connectivity index (χ1v) is 5.41. The predicted octanol–water partition coefficient (Wildman–Crippen LogP) is 2.31. The van der Waals surface area contributed by atoms with E-state index < -0.39 is 0 Å². The Labute approximate surface area is 102 Å². The van der Waals surface area contributed by atoms with Crippen LogP contribution >= 0.6 is 0 Å². The molecule has 3 radical (unpaired) electrons. The number of hydrogen-bond donors (Lipinski definition) is 0. The van der Waals surface area contributed by atoms with Gasteiger partial charge in [-0.1, -0.05) is 17.6 Å². The Balaban J connectivity index is 2.05. The molecule has 1 aliphatic heterocycles. The summed E-state index contributed by atoms with van der Waals surface area (Å²) in [5.74, 6) is 2.90. The Hall–Kier alpha value is -1.83. The van der Waals surface area contributed by atoms with Crippen LogP contribution < -0.4 is 14.9 Å². The van der Waals surface area contributed by atoms with Gasteiger partial charge in [0.2, 0.25) is 0 Å². The quantitative estimate of drug-likeness (QED) is 0.584. The molecule has 0 saturated carbocycles. The molecule has 0 aromatic heterocycles. The van der Waals surface area contributed by atoms with Gasteiger partial charge in [-0.25, -0.2) is 0 Å². The average molecular weight is 219 g/mol. The maximum atomic E-state index is 5.80. The van der Waals surface area contributed by atoms with Crippen molar-refractivity contribution in [2.75, 3.05) is 0 Å². The highest BCUT2D eigenvalue weighted by molar-refractivity contribution is 6.97. The van der Waals surface area contributed by atoms with Crippen LogP contribution in [0.25, 0.3) is 0 Å². The van der Waals surface area contributed by atoms with E-state index in [1.807, 2.05) is 43.3 Å². The Morgan fingerprint density at radius 2 is 1.53 bits per heavy atom. The number of rotatable bonds is 1. The number of hydrogen-bond acceptors (Lipinski definition) is 2. The first-order valence-electron chi connectivity index (χ1n) is 5.41. The molecule has 0 amide bonds. The van der Waals surface area contributed by atoms with Gasteiger partial charge >= 0.3 is 0 Å². The molecule has 1 aliphatic rings. The zero-order valence-electron chi connectivity index (χ0n) is 9.44. The van der Waals surface area contributed by atoms with Gasteiger partial charge in [0.05, 0.1) is 7.17 Å². The van der Waals surface area contributed by atoms with Crippen LogP contribution in [0.4, 0.5) is 0 Å².